The summed E-state index contributed by atoms with van der Waals surface area (Å²) in [5, 5.41) is 11.7. The van der Waals surface area contributed by atoms with Gasteiger partial charge in [-0.15, -0.1) is 11.3 Å². The monoisotopic (exact) mass is 326 g/mol. The normalized spacial score (nSPS) is 11.5. The van der Waals surface area contributed by atoms with Crippen molar-refractivity contribution in [2.45, 2.75) is 25.3 Å². The Hall–Kier alpha value is -1.77. The number of carbonyl (C=O) groups is 1. The van der Waals surface area contributed by atoms with Crippen molar-refractivity contribution in [2.24, 2.45) is 0 Å². The molecule has 0 radical (unpaired) electrons. The number of carboxylic acids is 1. The zero-order chi connectivity index (χ0) is 15.6. The first-order chi connectivity index (χ1) is 9.81. The SMILES string of the molecule is Cc1nc(CNS(=O)(=O)c2cccc(C(=O)O)c2C)cs1. The van der Waals surface area contributed by atoms with Crippen molar-refractivity contribution >= 4 is 27.3 Å². The third-order valence-electron chi connectivity index (χ3n) is 2.91. The van der Waals surface area contributed by atoms with Gasteiger partial charge < -0.3 is 5.11 Å². The van der Waals surface area contributed by atoms with Gasteiger partial charge in [0.15, 0.2) is 0 Å². The number of thiazole rings is 1. The third-order valence-corrected chi connectivity index (χ3v) is 5.28. The number of aromatic carboxylic acids is 1. The second-order valence-electron chi connectivity index (χ2n) is 4.42. The molecule has 0 aliphatic carbocycles. The van der Waals surface area contributed by atoms with Crippen LogP contribution in [0.4, 0.5) is 0 Å². The molecule has 2 N–H and O–H groups in total. The van der Waals surface area contributed by atoms with E-state index in [4.69, 9.17) is 5.11 Å². The average Bonchev–Trinajstić information content (AvgIpc) is 2.82. The second-order valence-corrected chi connectivity index (χ2v) is 7.21. The number of carboxylic acid groups (broad SMARTS) is 1. The number of nitrogens with zero attached hydrogens (tertiary/aromatic N) is 1. The van der Waals surface area contributed by atoms with E-state index in [-0.39, 0.29) is 22.6 Å². The number of hydrogen-bond donors (Lipinski definition) is 2. The van der Waals surface area contributed by atoms with E-state index in [2.05, 4.69) is 9.71 Å². The molecular weight excluding hydrogens is 312 g/mol. The van der Waals surface area contributed by atoms with Crippen molar-refractivity contribution in [2.75, 3.05) is 0 Å². The lowest BCUT2D eigenvalue weighted by atomic mass is 10.1. The zero-order valence-electron chi connectivity index (χ0n) is 11.5. The van der Waals surface area contributed by atoms with Gasteiger partial charge in [-0.05, 0) is 31.5 Å². The highest BCUT2D eigenvalue weighted by Crippen LogP contribution is 2.19. The van der Waals surface area contributed by atoms with Crippen LogP contribution in [0.1, 0.15) is 26.6 Å². The maximum absolute atomic E-state index is 12.3. The molecule has 0 spiro atoms. The molecule has 0 aliphatic rings. The molecule has 0 amide bonds. The summed E-state index contributed by atoms with van der Waals surface area (Å²) >= 11 is 1.44. The van der Waals surface area contributed by atoms with Crippen molar-refractivity contribution in [1.29, 1.82) is 0 Å². The maximum Gasteiger partial charge on any atom is 0.335 e. The number of nitrogens with one attached hydrogen (secondary N) is 1. The van der Waals surface area contributed by atoms with Gasteiger partial charge in [-0.3, -0.25) is 0 Å². The molecule has 0 saturated carbocycles. The standard InChI is InChI=1S/C13H14N2O4S2/c1-8-11(13(16)17)4-3-5-12(8)21(18,19)14-6-10-7-20-9(2)15-10/h3-5,7,14H,6H2,1-2H3,(H,16,17). The van der Waals surface area contributed by atoms with Gasteiger partial charge >= 0.3 is 5.97 Å². The summed E-state index contributed by atoms with van der Waals surface area (Å²) in [7, 11) is -3.78. The quantitative estimate of drug-likeness (QED) is 0.875. The first-order valence-corrected chi connectivity index (χ1v) is 8.41. The van der Waals surface area contributed by atoms with Crippen LogP contribution < -0.4 is 4.72 Å². The molecule has 1 aromatic carbocycles. The Balaban J connectivity index is 2.27. The van der Waals surface area contributed by atoms with Gasteiger partial charge in [0.05, 0.1) is 27.7 Å². The lowest BCUT2D eigenvalue weighted by Crippen LogP contribution is -2.24. The fourth-order valence-corrected chi connectivity index (χ4v) is 3.75. The van der Waals surface area contributed by atoms with Crippen molar-refractivity contribution in [3.05, 3.63) is 45.4 Å². The predicted molar refractivity (Wildman–Crippen MR) is 79.0 cm³/mol. The van der Waals surface area contributed by atoms with Gasteiger partial charge in [0.1, 0.15) is 0 Å². The van der Waals surface area contributed by atoms with E-state index in [9.17, 15) is 13.2 Å². The summed E-state index contributed by atoms with van der Waals surface area (Å²) in [5.74, 6) is -1.15. The van der Waals surface area contributed by atoms with E-state index in [1.165, 1.54) is 36.5 Å². The molecule has 1 aromatic heterocycles. The first kappa shape index (κ1) is 15.6. The first-order valence-electron chi connectivity index (χ1n) is 6.05. The van der Waals surface area contributed by atoms with Gasteiger partial charge in [-0.25, -0.2) is 22.9 Å². The number of sulfonamides is 1. The lowest BCUT2D eigenvalue weighted by Gasteiger charge is -2.10. The Labute approximate surface area is 126 Å². The Morgan fingerprint density at radius 2 is 2.10 bits per heavy atom. The van der Waals surface area contributed by atoms with Crippen LogP contribution in [-0.4, -0.2) is 24.5 Å². The van der Waals surface area contributed by atoms with Gasteiger partial charge in [-0.1, -0.05) is 6.07 Å². The van der Waals surface area contributed by atoms with Gasteiger partial charge in [0.2, 0.25) is 10.0 Å². The topological polar surface area (TPSA) is 96.4 Å². The lowest BCUT2D eigenvalue weighted by molar-refractivity contribution is 0.0696. The fourth-order valence-electron chi connectivity index (χ4n) is 1.87. The van der Waals surface area contributed by atoms with Crippen molar-refractivity contribution < 1.29 is 18.3 Å². The molecule has 112 valence electrons. The number of rotatable bonds is 5. The minimum Gasteiger partial charge on any atom is -0.478 e. The molecule has 0 atom stereocenters. The van der Waals surface area contributed by atoms with E-state index in [1.807, 2.05) is 6.92 Å². The molecular formula is C13H14N2O4S2. The highest BCUT2D eigenvalue weighted by molar-refractivity contribution is 7.89. The van der Waals surface area contributed by atoms with Crippen molar-refractivity contribution in [3.8, 4) is 0 Å². The Morgan fingerprint density at radius 1 is 1.38 bits per heavy atom. The second kappa shape index (κ2) is 5.92. The van der Waals surface area contributed by atoms with E-state index in [0.29, 0.717) is 5.69 Å². The molecule has 2 rings (SSSR count). The number of aryl methyl sites for hydroxylation is 1. The summed E-state index contributed by atoms with van der Waals surface area (Å²) in [6.45, 7) is 3.39. The van der Waals surface area contributed by atoms with Gasteiger partial charge in [0, 0.05) is 5.38 Å². The molecule has 0 saturated heterocycles. The smallest absolute Gasteiger partial charge is 0.335 e. The molecule has 0 unspecified atom stereocenters. The molecule has 8 heteroatoms. The van der Waals surface area contributed by atoms with E-state index < -0.39 is 16.0 Å². The largest absolute Gasteiger partial charge is 0.478 e. The zero-order valence-corrected chi connectivity index (χ0v) is 13.1. The van der Waals surface area contributed by atoms with Crippen molar-refractivity contribution in [3.63, 3.8) is 0 Å². The number of aromatic nitrogens is 1. The van der Waals surface area contributed by atoms with Crippen LogP contribution in [0.25, 0.3) is 0 Å². The third kappa shape index (κ3) is 3.46. The van der Waals surface area contributed by atoms with Crippen molar-refractivity contribution in [1.82, 2.24) is 9.71 Å². The Bertz CT molecular complexity index is 781. The van der Waals surface area contributed by atoms with Crippen LogP contribution in [0.2, 0.25) is 0 Å². The Kier molecular flexibility index (Phi) is 4.40. The number of hydrogen-bond acceptors (Lipinski definition) is 5. The summed E-state index contributed by atoms with van der Waals surface area (Å²) in [6.07, 6.45) is 0. The predicted octanol–water partition coefficient (Wildman–Crippen LogP) is 1.94. The molecule has 6 nitrogen and oxygen atoms in total. The summed E-state index contributed by atoms with van der Waals surface area (Å²) in [4.78, 5) is 15.2. The van der Waals surface area contributed by atoms with Crippen LogP contribution in [0.5, 0.6) is 0 Å². The van der Waals surface area contributed by atoms with Crippen LogP contribution >= 0.6 is 11.3 Å². The maximum atomic E-state index is 12.3. The van der Waals surface area contributed by atoms with Gasteiger partial charge in [-0.2, -0.15) is 0 Å². The molecule has 0 aliphatic heterocycles. The molecule has 1 heterocycles. The minimum atomic E-state index is -3.78. The molecule has 0 bridgehead atoms. The van der Waals surface area contributed by atoms with Gasteiger partial charge in [0.25, 0.3) is 0 Å². The van der Waals surface area contributed by atoms with Crippen LogP contribution in [0.15, 0.2) is 28.5 Å². The van der Waals surface area contributed by atoms with Crippen LogP contribution in [0.3, 0.4) is 0 Å². The highest BCUT2D eigenvalue weighted by Gasteiger charge is 2.20. The summed E-state index contributed by atoms with van der Waals surface area (Å²) in [5.41, 5.74) is 0.822. The summed E-state index contributed by atoms with van der Waals surface area (Å²) < 4.78 is 27.0. The molecule has 0 fully saturated rings. The highest BCUT2D eigenvalue weighted by atomic mass is 32.2. The van der Waals surface area contributed by atoms with E-state index in [0.717, 1.165) is 5.01 Å². The minimum absolute atomic E-state index is 0.0256. The van der Waals surface area contributed by atoms with E-state index >= 15 is 0 Å². The summed E-state index contributed by atoms with van der Waals surface area (Å²) in [6, 6.07) is 4.18. The fraction of sp³-hybridized carbons (Fsp3) is 0.231. The van der Waals surface area contributed by atoms with Crippen LogP contribution in [0, 0.1) is 13.8 Å². The molecule has 2 aromatic rings. The molecule has 21 heavy (non-hydrogen) atoms. The van der Waals surface area contributed by atoms with E-state index in [1.54, 1.807) is 5.38 Å². The number of benzene rings is 1. The average molecular weight is 326 g/mol. The Morgan fingerprint density at radius 3 is 2.67 bits per heavy atom. The van der Waals surface area contributed by atoms with Crippen LogP contribution in [-0.2, 0) is 16.6 Å².